The highest BCUT2D eigenvalue weighted by molar-refractivity contribution is 7.95. The number of hydrogen-bond acceptors (Lipinski definition) is 6. The topological polar surface area (TPSA) is 51.2 Å². The van der Waals surface area contributed by atoms with E-state index >= 15 is 0 Å². The van der Waals surface area contributed by atoms with Crippen LogP contribution in [-0.2, 0) is 4.74 Å². The number of hydrogen-bond donors (Lipinski definition) is 0. The second-order valence-electron chi connectivity index (χ2n) is 4.64. The highest BCUT2D eigenvalue weighted by atomic mass is 32.2. The van der Waals surface area contributed by atoms with E-state index in [-0.39, 0.29) is 0 Å². The summed E-state index contributed by atoms with van der Waals surface area (Å²) in [6.07, 6.45) is -0.436. The molecule has 1 aromatic carbocycles. The molecule has 0 unspecified atom stereocenters. The van der Waals surface area contributed by atoms with Gasteiger partial charge in [0.2, 0.25) is 0 Å². The molecule has 6 nitrogen and oxygen atoms in total. The van der Waals surface area contributed by atoms with Crippen molar-refractivity contribution in [1.82, 2.24) is 8.61 Å². The van der Waals surface area contributed by atoms with Crippen molar-refractivity contribution in [2.24, 2.45) is 0 Å². The van der Waals surface area contributed by atoms with Gasteiger partial charge in [0.25, 0.3) is 0 Å². The molecule has 0 radical (unpaired) electrons. The monoisotopic (exact) mass is 312 g/mol. The number of rotatable bonds is 4. The number of morpholine rings is 1. The number of aryl methyl sites for hydroxylation is 1. The second-order valence-corrected chi connectivity index (χ2v) is 5.87. The summed E-state index contributed by atoms with van der Waals surface area (Å²) in [5, 5.41) is 0. The molecular weight excluding hydrogens is 292 g/mol. The van der Waals surface area contributed by atoms with E-state index in [1.54, 1.807) is 20.2 Å². The van der Waals surface area contributed by atoms with Crippen LogP contribution in [-0.4, -0.2) is 55.2 Å². The van der Waals surface area contributed by atoms with E-state index in [9.17, 15) is 4.79 Å². The number of benzene rings is 1. The van der Waals surface area contributed by atoms with Crippen molar-refractivity contribution in [3.63, 3.8) is 0 Å². The Labute approximate surface area is 129 Å². The first-order valence-electron chi connectivity index (χ1n) is 6.71. The molecule has 2 rings (SSSR count). The number of amides is 1. The largest absolute Gasteiger partial charge is 0.493 e. The zero-order chi connectivity index (χ0) is 15.2. The summed E-state index contributed by atoms with van der Waals surface area (Å²) >= 11 is 1.34. The van der Waals surface area contributed by atoms with Gasteiger partial charge >= 0.3 is 6.09 Å². The van der Waals surface area contributed by atoms with E-state index in [1.807, 2.05) is 19.1 Å². The van der Waals surface area contributed by atoms with E-state index in [1.165, 1.54) is 16.4 Å². The maximum atomic E-state index is 12.1. The fourth-order valence-electron chi connectivity index (χ4n) is 1.85. The smallest absolute Gasteiger partial charge is 0.426 e. The standard InChI is InChI=1S/C14H20N2O4S/c1-11-4-5-12(13(10-11)18-3)20-14(17)15(2)21-16-6-8-19-9-7-16/h4-5,10H,6-9H2,1-3H3. The molecule has 0 bridgehead atoms. The number of ether oxygens (including phenoxy) is 3. The minimum atomic E-state index is -0.436. The van der Waals surface area contributed by atoms with E-state index in [0.717, 1.165) is 18.7 Å². The Bertz CT molecular complexity index is 492. The van der Waals surface area contributed by atoms with Crippen LogP contribution in [0.2, 0.25) is 0 Å². The predicted molar refractivity (Wildman–Crippen MR) is 81.5 cm³/mol. The van der Waals surface area contributed by atoms with Crippen LogP contribution in [0.25, 0.3) is 0 Å². The van der Waals surface area contributed by atoms with E-state index in [4.69, 9.17) is 14.2 Å². The van der Waals surface area contributed by atoms with Crippen LogP contribution in [0.15, 0.2) is 18.2 Å². The molecule has 1 fully saturated rings. The molecule has 0 aromatic heterocycles. The Kier molecular flexibility index (Phi) is 5.72. The summed E-state index contributed by atoms with van der Waals surface area (Å²) in [7, 11) is 3.24. The van der Waals surface area contributed by atoms with Crippen molar-refractivity contribution in [2.75, 3.05) is 40.5 Å². The number of nitrogens with zero attached hydrogens (tertiary/aromatic N) is 2. The lowest BCUT2D eigenvalue weighted by Crippen LogP contribution is -2.36. The molecule has 21 heavy (non-hydrogen) atoms. The maximum Gasteiger partial charge on any atom is 0.426 e. The first-order valence-corrected chi connectivity index (χ1v) is 7.44. The third-order valence-electron chi connectivity index (χ3n) is 2.98. The molecular formula is C14H20N2O4S. The van der Waals surface area contributed by atoms with Crippen molar-refractivity contribution in [3.05, 3.63) is 23.8 Å². The minimum Gasteiger partial charge on any atom is -0.493 e. The molecule has 0 atom stereocenters. The van der Waals surface area contributed by atoms with Crippen molar-refractivity contribution < 1.29 is 19.0 Å². The summed E-state index contributed by atoms with van der Waals surface area (Å²) in [6, 6.07) is 5.44. The quantitative estimate of drug-likeness (QED) is 0.795. The zero-order valence-corrected chi connectivity index (χ0v) is 13.3. The number of methoxy groups -OCH3 is 1. The van der Waals surface area contributed by atoms with E-state index in [2.05, 4.69) is 4.31 Å². The van der Waals surface area contributed by atoms with Gasteiger partial charge in [-0.2, -0.15) is 0 Å². The lowest BCUT2D eigenvalue weighted by Gasteiger charge is -2.28. The lowest BCUT2D eigenvalue weighted by atomic mass is 10.2. The summed E-state index contributed by atoms with van der Waals surface area (Å²) in [4.78, 5) is 12.1. The van der Waals surface area contributed by atoms with Crippen LogP contribution in [0.5, 0.6) is 11.5 Å². The van der Waals surface area contributed by atoms with E-state index in [0.29, 0.717) is 24.7 Å². The first kappa shape index (κ1) is 15.9. The average Bonchev–Trinajstić information content (AvgIpc) is 2.49. The van der Waals surface area contributed by atoms with Crippen LogP contribution in [0.4, 0.5) is 4.79 Å². The van der Waals surface area contributed by atoms with Crippen LogP contribution < -0.4 is 9.47 Å². The van der Waals surface area contributed by atoms with Crippen molar-refractivity contribution >= 4 is 18.2 Å². The highest BCUT2D eigenvalue weighted by Crippen LogP contribution is 2.29. The third-order valence-corrected chi connectivity index (χ3v) is 3.97. The molecule has 1 heterocycles. The minimum absolute atomic E-state index is 0.419. The van der Waals surface area contributed by atoms with Gasteiger partial charge in [0.05, 0.1) is 20.3 Å². The van der Waals surface area contributed by atoms with Gasteiger partial charge in [-0.15, -0.1) is 0 Å². The van der Waals surface area contributed by atoms with Crippen LogP contribution >= 0.6 is 12.1 Å². The molecule has 1 amide bonds. The molecule has 0 spiro atoms. The molecule has 7 heteroatoms. The van der Waals surface area contributed by atoms with Gasteiger partial charge in [-0.3, -0.25) is 0 Å². The summed E-state index contributed by atoms with van der Waals surface area (Å²) in [6.45, 7) is 4.89. The third kappa shape index (κ3) is 4.52. The fourth-order valence-corrected chi connectivity index (χ4v) is 2.61. The lowest BCUT2D eigenvalue weighted by molar-refractivity contribution is 0.0759. The molecule has 1 aromatic rings. The van der Waals surface area contributed by atoms with Crippen LogP contribution in [0.1, 0.15) is 5.56 Å². The molecule has 0 saturated carbocycles. The number of carbonyl (C=O) groups excluding carboxylic acids is 1. The summed E-state index contributed by atoms with van der Waals surface area (Å²) in [5.41, 5.74) is 1.04. The fraction of sp³-hybridized carbons (Fsp3) is 0.500. The molecule has 116 valence electrons. The van der Waals surface area contributed by atoms with Crippen LogP contribution in [0, 0.1) is 6.92 Å². The Hall–Kier alpha value is -1.44. The van der Waals surface area contributed by atoms with Gasteiger partial charge in [0, 0.05) is 32.3 Å². The normalized spacial score (nSPS) is 15.6. The van der Waals surface area contributed by atoms with Gasteiger partial charge in [-0.25, -0.2) is 13.4 Å². The van der Waals surface area contributed by atoms with Crippen molar-refractivity contribution in [3.8, 4) is 11.5 Å². The molecule has 1 aliphatic heterocycles. The summed E-state index contributed by atoms with van der Waals surface area (Å²) in [5.74, 6) is 0.968. The SMILES string of the molecule is COc1cc(C)ccc1OC(=O)N(C)SN1CCOCC1. The van der Waals surface area contributed by atoms with Gasteiger partial charge in [0.15, 0.2) is 11.5 Å². The molecule has 0 aliphatic carbocycles. The van der Waals surface area contributed by atoms with Crippen molar-refractivity contribution in [1.29, 1.82) is 0 Å². The molecule has 0 N–H and O–H groups in total. The maximum absolute atomic E-state index is 12.1. The Balaban J connectivity index is 1.93. The van der Waals surface area contributed by atoms with Crippen molar-refractivity contribution in [2.45, 2.75) is 6.92 Å². The zero-order valence-electron chi connectivity index (χ0n) is 12.5. The van der Waals surface area contributed by atoms with E-state index < -0.39 is 6.09 Å². The molecule has 1 aliphatic rings. The Morgan fingerprint density at radius 1 is 1.33 bits per heavy atom. The summed E-state index contributed by atoms with van der Waals surface area (Å²) < 4.78 is 19.4. The van der Waals surface area contributed by atoms with Crippen LogP contribution in [0.3, 0.4) is 0 Å². The van der Waals surface area contributed by atoms with Gasteiger partial charge < -0.3 is 14.2 Å². The van der Waals surface area contributed by atoms with Gasteiger partial charge in [-0.1, -0.05) is 6.07 Å². The Morgan fingerprint density at radius 2 is 2.05 bits per heavy atom. The molecule has 1 saturated heterocycles. The second kappa shape index (κ2) is 7.53. The van der Waals surface area contributed by atoms with Gasteiger partial charge in [0.1, 0.15) is 0 Å². The predicted octanol–water partition coefficient (Wildman–Crippen LogP) is 2.33. The highest BCUT2D eigenvalue weighted by Gasteiger charge is 2.20. The number of carbonyl (C=O) groups is 1. The Morgan fingerprint density at radius 3 is 2.71 bits per heavy atom. The van der Waals surface area contributed by atoms with Gasteiger partial charge in [-0.05, 0) is 24.6 Å². The first-order chi connectivity index (χ1) is 10.1. The average molecular weight is 312 g/mol.